The van der Waals surface area contributed by atoms with Crippen LogP contribution in [0.1, 0.15) is 221 Å². The highest BCUT2D eigenvalue weighted by Crippen LogP contribution is 2.59. The fourth-order valence-corrected chi connectivity index (χ4v) is 18.5. The van der Waals surface area contributed by atoms with Gasteiger partial charge in [-0.3, -0.25) is 0 Å². The molecule has 0 aromatic heterocycles. The zero-order valence-electron chi connectivity index (χ0n) is 59.4. The molecule has 0 atom stereocenters. The monoisotopic (exact) mass is 1230 g/mol. The van der Waals surface area contributed by atoms with Crippen LogP contribution < -0.4 is 31.1 Å². The first-order chi connectivity index (χ1) is 44.3. The molecular formula is C90H94BN3. The van der Waals surface area contributed by atoms with Crippen LogP contribution in [-0.2, 0) is 49.7 Å². The minimum Gasteiger partial charge on any atom is -0.311 e. The molecule has 2 heterocycles. The number of anilines is 9. The van der Waals surface area contributed by atoms with Gasteiger partial charge in [-0.1, -0.05) is 252 Å². The second-order valence-corrected chi connectivity index (χ2v) is 34.5. The van der Waals surface area contributed by atoms with Crippen LogP contribution in [0.25, 0.3) is 11.1 Å². The summed E-state index contributed by atoms with van der Waals surface area (Å²) < 4.78 is 0. The van der Waals surface area contributed by atoms with E-state index in [4.69, 9.17) is 0 Å². The van der Waals surface area contributed by atoms with E-state index in [1.54, 1.807) is 0 Å². The molecule has 0 unspecified atom stereocenters. The zero-order chi connectivity index (χ0) is 66.1. The van der Waals surface area contributed by atoms with E-state index in [1.165, 1.54) is 145 Å². The van der Waals surface area contributed by atoms with Crippen LogP contribution in [0.3, 0.4) is 0 Å². The molecule has 0 fully saturated rings. The summed E-state index contributed by atoms with van der Waals surface area (Å²) in [5.41, 5.74) is 37.3. The van der Waals surface area contributed by atoms with Crippen molar-refractivity contribution in [1.82, 2.24) is 0 Å². The molecule has 94 heavy (non-hydrogen) atoms. The van der Waals surface area contributed by atoms with Crippen LogP contribution in [0, 0.1) is 6.92 Å². The lowest BCUT2D eigenvalue weighted by molar-refractivity contribution is 0.332. The van der Waals surface area contributed by atoms with Crippen molar-refractivity contribution in [2.75, 3.05) is 14.7 Å². The van der Waals surface area contributed by atoms with Crippen LogP contribution in [0.4, 0.5) is 51.2 Å². The molecule has 0 bridgehead atoms. The normalized spacial score (nSPS) is 18.1. The van der Waals surface area contributed by atoms with Gasteiger partial charge in [0.25, 0.3) is 6.71 Å². The van der Waals surface area contributed by atoms with Gasteiger partial charge in [-0.05, 0) is 213 Å². The fourth-order valence-electron chi connectivity index (χ4n) is 18.5. The van der Waals surface area contributed by atoms with Gasteiger partial charge in [-0.15, -0.1) is 0 Å². The average Bonchev–Trinajstić information content (AvgIpc) is 0.701. The van der Waals surface area contributed by atoms with Crippen molar-refractivity contribution in [1.29, 1.82) is 0 Å². The standard InChI is InChI=1S/C90H94BN3/c1-54-45-68-69(86(10,11)44-43-85(68,8)9)51-77(54)94-79-53-73-71(88(14,15)65-31-23-25-33-67(65)90(73,18)19)50-75(79)91-74-49-70-72(89(16,17)66-32-24-22-30-64(66)87(70,12)13)52-78(74)93(76-34-26-29-62-61-28-21-20-27-55(61)46-63(62)76)80-47-60(48-81(94)82(80)91)92(58-39-35-56(36-40-58)83(2,3)4)59-41-37-57(38-42-59)84(5,6)7/h20-42,45,47-53H,43-44,46H2,1-19H3. The van der Waals surface area contributed by atoms with Crippen LogP contribution in [0.15, 0.2) is 188 Å². The molecule has 10 aromatic carbocycles. The Morgan fingerprint density at radius 2 is 0.745 bits per heavy atom. The molecular weight excluding hydrogens is 1130 g/mol. The second-order valence-electron chi connectivity index (χ2n) is 34.5. The van der Waals surface area contributed by atoms with Gasteiger partial charge in [0.1, 0.15) is 0 Å². The number of fused-ring (bicyclic) bond motifs is 12. The molecule has 6 aliphatic rings. The van der Waals surface area contributed by atoms with Gasteiger partial charge in [-0.25, -0.2) is 0 Å². The largest absolute Gasteiger partial charge is 0.311 e. The van der Waals surface area contributed by atoms with Gasteiger partial charge in [0, 0.05) is 67.9 Å². The van der Waals surface area contributed by atoms with Crippen LogP contribution in [0.5, 0.6) is 0 Å². The van der Waals surface area contributed by atoms with Gasteiger partial charge >= 0.3 is 0 Å². The molecule has 0 saturated heterocycles. The van der Waals surface area contributed by atoms with Crippen LogP contribution in [-0.4, -0.2) is 6.71 Å². The maximum atomic E-state index is 2.80. The Morgan fingerprint density at radius 3 is 1.20 bits per heavy atom. The summed E-state index contributed by atoms with van der Waals surface area (Å²) in [5.74, 6) is 0. The predicted molar refractivity (Wildman–Crippen MR) is 402 cm³/mol. The SMILES string of the molecule is Cc1cc2c(cc1N1c3cc4c(cc3B3c5cc6c(cc5N(c5cccc7c5Cc5ccccc5-7)c5cc(N(c7ccc(C(C)(C)C)cc7)c7ccc(C(C)(C)C)cc7)cc1c53)C(C)(C)c1ccccc1C6(C)C)C(C)(C)c1ccccc1C4(C)C)C(C)(C)CCC2(C)C. The molecule has 472 valence electrons. The van der Waals surface area contributed by atoms with Gasteiger partial charge in [0.2, 0.25) is 0 Å². The van der Waals surface area contributed by atoms with E-state index >= 15 is 0 Å². The van der Waals surface area contributed by atoms with Crippen LogP contribution >= 0.6 is 0 Å². The topological polar surface area (TPSA) is 9.72 Å². The molecule has 4 aliphatic carbocycles. The number of hydrogen-bond donors (Lipinski definition) is 0. The number of rotatable bonds is 5. The van der Waals surface area contributed by atoms with E-state index in [0.29, 0.717) is 0 Å². The van der Waals surface area contributed by atoms with E-state index in [9.17, 15) is 0 Å². The summed E-state index contributed by atoms with van der Waals surface area (Å²) in [7, 11) is 0. The Kier molecular flexibility index (Phi) is 12.8. The first-order valence-corrected chi connectivity index (χ1v) is 35.0. The summed E-state index contributed by atoms with van der Waals surface area (Å²) in [5, 5.41) is 0. The third-order valence-corrected chi connectivity index (χ3v) is 24.3. The average molecular weight is 1230 g/mol. The summed E-state index contributed by atoms with van der Waals surface area (Å²) in [4.78, 5) is 8.15. The molecule has 3 nitrogen and oxygen atoms in total. The van der Waals surface area contributed by atoms with E-state index in [-0.39, 0.29) is 50.0 Å². The summed E-state index contributed by atoms with van der Waals surface area (Å²) in [6.45, 7) is 46.1. The van der Waals surface area contributed by atoms with E-state index < -0.39 is 0 Å². The van der Waals surface area contributed by atoms with Gasteiger partial charge < -0.3 is 14.7 Å². The highest BCUT2D eigenvalue weighted by Gasteiger charge is 2.52. The number of nitrogens with zero attached hydrogens (tertiary/aromatic N) is 3. The third kappa shape index (κ3) is 8.61. The Morgan fingerprint density at radius 1 is 0.351 bits per heavy atom. The molecule has 0 spiro atoms. The predicted octanol–water partition coefficient (Wildman–Crippen LogP) is 22.0. The number of benzene rings is 10. The Labute approximate surface area is 562 Å². The summed E-state index contributed by atoms with van der Waals surface area (Å²) in [6.07, 6.45) is 3.14. The highest BCUT2D eigenvalue weighted by atomic mass is 15.2. The quantitative estimate of drug-likeness (QED) is 0.159. The summed E-state index contributed by atoms with van der Waals surface area (Å²) >= 11 is 0. The first-order valence-electron chi connectivity index (χ1n) is 35.0. The lowest BCUT2D eigenvalue weighted by Crippen LogP contribution is -2.62. The van der Waals surface area contributed by atoms with Crippen LogP contribution in [0.2, 0.25) is 0 Å². The van der Waals surface area contributed by atoms with E-state index in [2.05, 4.69) is 334 Å². The molecule has 0 N–H and O–H groups in total. The van der Waals surface area contributed by atoms with Crippen molar-refractivity contribution in [2.24, 2.45) is 0 Å². The smallest absolute Gasteiger partial charge is 0.252 e. The highest BCUT2D eigenvalue weighted by molar-refractivity contribution is 7.00. The lowest BCUT2D eigenvalue weighted by Gasteiger charge is -2.50. The maximum Gasteiger partial charge on any atom is 0.252 e. The molecule has 16 rings (SSSR count). The van der Waals surface area contributed by atoms with Gasteiger partial charge in [0.15, 0.2) is 0 Å². The molecule has 0 radical (unpaired) electrons. The Bertz CT molecular complexity index is 4800. The van der Waals surface area contributed by atoms with Crippen molar-refractivity contribution < 1.29 is 0 Å². The van der Waals surface area contributed by atoms with Crippen molar-refractivity contribution in [2.45, 2.75) is 194 Å². The fraction of sp³-hybridized carbons (Fsp3) is 0.333. The van der Waals surface area contributed by atoms with Crippen molar-refractivity contribution in [3.8, 4) is 11.1 Å². The minimum atomic E-state index is -0.296. The number of hydrogen-bond acceptors (Lipinski definition) is 3. The van der Waals surface area contributed by atoms with Gasteiger partial charge in [-0.2, -0.15) is 0 Å². The molecule has 10 aromatic rings. The molecule has 0 amide bonds. The van der Waals surface area contributed by atoms with E-state index in [1.807, 2.05) is 0 Å². The molecule has 0 saturated carbocycles. The van der Waals surface area contributed by atoms with Gasteiger partial charge in [0.05, 0.1) is 11.4 Å². The van der Waals surface area contributed by atoms with Crippen molar-refractivity contribution in [3.63, 3.8) is 0 Å². The first kappa shape index (κ1) is 60.6. The van der Waals surface area contributed by atoms with Crippen molar-refractivity contribution in [3.05, 3.63) is 272 Å². The lowest BCUT2D eigenvalue weighted by atomic mass is 9.32. The molecule has 4 heteroatoms. The number of aryl methyl sites for hydroxylation is 1. The third-order valence-electron chi connectivity index (χ3n) is 24.3. The maximum absolute atomic E-state index is 2.80. The Balaban J connectivity index is 1.09. The summed E-state index contributed by atoms with van der Waals surface area (Å²) in [6, 6.07) is 75.4. The Hall–Kier alpha value is -8.34. The minimum absolute atomic E-state index is 0.0211. The molecule has 2 aliphatic heterocycles. The zero-order valence-corrected chi connectivity index (χ0v) is 59.4. The van der Waals surface area contributed by atoms with Crippen molar-refractivity contribution >= 4 is 74.3 Å². The second kappa shape index (κ2) is 19.9. The van der Waals surface area contributed by atoms with E-state index in [0.717, 1.165) is 36.3 Å².